The van der Waals surface area contributed by atoms with E-state index in [1.807, 2.05) is 0 Å². The molecule has 2 rings (SSSR count). The fourth-order valence-corrected chi connectivity index (χ4v) is 3.22. The first-order valence-electron chi connectivity index (χ1n) is 7.37. The summed E-state index contributed by atoms with van der Waals surface area (Å²) in [6.07, 6.45) is 8.44. The summed E-state index contributed by atoms with van der Waals surface area (Å²) in [7, 11) is 4.19. The van der Waals surface area contributed by atoms with Crippen LogP contribution in [0.1, 0.15) is 38.5 Å². The Labute approximate surface area is 125 Å². The van der Waals surface area contributed by atoms with Gasteiger partial charge < -0.3 is 10.2 Å². The molecule has 1 aromatic rings. The van der Waals surface area contributed by atoms with E-state index in [0.29, 0.717) is 0 Å². The van der Waals surface area contributed by atoms with Crippen molar-refractivity contribution in [3.63, 3.8) is 0 Å². The molecule has 3 heteroatoms. The molecule has 0 heterocycles. The van der Waals surface area contributed by atoms with Gasteiger partial charge in [0.05, 0.1) is 11.4 Å². The highest BCUT2D eigenvalue weighted by Gasteiger charge is 2.13. The Morgan fingerprint density at radius 2 is 1.84 bits per heavy atom. The molecule has 1 aromatic carbocycles. The Kier molecular flexibility index (Phi) is 5.56. The fourth-order valence-electron chi connectivity index (χ4n) is 2.86. The van der Waals surface area contributed by atoms with Gasteiger partial charge in [0, 0.05) is 25.1 Å². The van der Waals surface area contributed by atoms with E-state index in [1.54, 1.807) is 0 Å². The first kappa shape index (κ1) is 14.7. The Balaban J connectivity index is 1.99. The normalized spacial score (nSPS) is 17.0. The van der Waals surface area contributed by atoms with Crippen LogP contribution in [-0.4, -0.2) is 20.6 Å². The van der Waals surface area contributed by atoms with Crippen molar-refractivity contribution in [2.75, 3.05) is 30.9 Å². The molecule has 0 atom stereocenters. The number of benzene rings is 1. The van der Waals surface area contributed by atoms with Crippen LogP contribution < -0.4 is 10.2 Å². The summed E-state index contributed by atoms with van der Waals surface area (Å²) in [5.41, 5.74) is 2.50. The smallest absolute Gasteiger partial charge is 0.0597 e. The SMILES string of the molecule is CN(C)c1ccc(Br)cc1NCC1CCCCCC1. The van der Waals surface area contributed by atoms with Crippen LogP contribution in [0.3, 0.4) is 0 Å². The second-order valence-electron chi connectivity index (χ2n) is 5.79. The van der Waals surface area contributed by atoms with E-state index in [1.165, 1.54) is 49.9 Å². The third-order valence-corrected chi connectivity index (χ3v) is 4.49. The van der Waals surface area contributed by atoms with Crippen molar-refractivity contribution in [1.29, 1.82) is 0 Å². The molecule has 0 bridgehead atoms. The summed E-state index contributed by atoms with van der Waals surface area (Å²) < 4.78 is 1.14. The average molecular weight is 325 g/mol. The summed E-state index contributed by atoms with van der Waals surface area (Å²) >= 11 is 3.57. The topological polar surface area (TPSA) is 15.3 Å². The lowest BCUT2D eigenvalue weighted by molar-refractivity contribution is 0.483. The van der Waals surface area contributed by atoms with Crippen LogP contribution in [0, 0.1) is 5.92 Å². The second kappa shape index (κ2) is 7.18. The number of rotatable bonds is 4. The monoisotopic (exact) mass is 324 g/mol. The van der Waals surface area contributed by atoms with Crippen molar-refractivity contribution in [2.45, 2.75) is 38.5 Å². The summed E-state index contributed by atoms with van der Waals surface area (Å²) in [4.78, 5) is 2.17. The van der Waals surface area contributed by atoms with Gasteiger partial charge in [-0.3, -0.25) is 0 Å². The van der Waals surface area contributed by atoms with Crippen LogP contribution in [-0.2, 0) is 0 Å². The fraction of sp³-hybridized carbons (Fsp3) is 0.625. The van der Waals surface area contributed by atoms with Gasteiger partial charge in [-0.05, 0) is 37.0 Å². The Hall–Kier alpha value is -0.700. The van der Waals surface area contributed by atoms with Crippen LogP contribution in [0.5, 0.6) is 0 Å². The van der Waals surface area contributed by atoms with E-state index in [-0.39, 0.29) is 0 Å². The predicted molar refractivity (Wildman–Crippen MR) is 88.2 cm³/mol. The maximum Gasteiger partial charge on any atom is 0.0597 e. The Bertz CT molecular complexity index is 396. The van der Waals surface area contributed by atoms with Crippen molar-refractivity contribution in [2.24, 2.45) is 5.92 Å². The van der Waals surface area contributed by atoms with Crippen molar-refractivity contribution < 1.29 is 0 Å². The molecule has 0 spiro atoms. The summed E-state index contributed by atoms with van der Waals surface area (Å²) in [6, 6.07) is 6.46. The molecule has 1 N–H and O–H groups in total. The quantitative estimate of drug-likeness (QED) is 0.792. The zero-order valence-electron chi connectivity index (χ0n) is 12.1. The summed E-state index contributed by atoms with van der Waals surface area (Å²) in [5, 5.41) is 3.66. The highest BCUT2D eigenvalue weighted by atomic mass is 79.9. The number of hydrogen-bond donors (Lipinski definition) is 1. The van der Waals surface area contributed by atoms with E-state index in [0.717, 1.165) is 16.9 Å². The van der Waals surface area contributed by atoms with E-state index >= 15 is 0 Å². The van der Waals surface area contributed by atoms with Crippen LogP contribution in [0.4, 0.5) is 11.4 Å². The largest absolute Gasteiger partial charge is 0.383 e. The van der Waals surface area contributed by atoms with E-state index in [9.17, 15) is 0 Å². The molecule has 1 fully saturated rings. The molecule has 19 heavy (non-hydrogen) atoms. The van der Waals surface area contributed by atoms with Gasteiger partial charge in [-0.1, -0.05) is 41.6 Å². The van der Waals surface area contributed by atoms with E-state index in [4.69, 9.17) is 0 Å². The zero-order valence-corrected chi connectivity index (χ0v) is 13.7. The first-order chi connectivity index (χ1) is 9.16. The molecule has 2 nitrogen and oxygen atoms in total. The number of halogens is 1. The highest BCUT2D eigenvalue weighted by molar-refractivity contribution is 9.10. The highest BCUT2D eigenvalue weighted by Crippen LogP contribution is 2.29. The molecule has 1 aliphatic rings. The molecule has 0 radical (unpaired) electrons. The molecule has 1 aliphatic carbocycles. The molecular formula is C16H25BrN2. The second-order valence-corrected chi connectivity index (χ2v) is 6.71. The molecule has 106 valence electrons. The van der Waals surface area contributed by atoms with E-state index in [2.05, 4.69) is 58.4 Å². The van der Waals surface area contributed by atoms with Crippen molar-refractivity contribution in [3.05, 3.63) is 22.7 Å². The number of anilines is 2. The van der Waals surface area contributed by atoms with Gasteiger partial charge >= 0.3 is 0 Å². The maximum absolute atomic E-state index is 3.66. The zero-order chi connectivity index (χ0) is 13.7. The standard InChI is InChI=1S/C16H25BrN2/c1-19(2)16-10-9-14(17)11-15(16)18-12-13-7-5-3-4-6-8-13/h9-11,13,18H,3-8,12H2,1-2H3. The van der Waals surface area contributed by atoms with Gasteiger partial charge in [-0.2, -0.15) is 0 Å². The van der Waals surface area contributed by atoms with Crippen molar-refractivity contribution >= 4 is 27.3 Å². The molecule has 0 aromatic heterocycles. The number of hydrogen-bond acceptors (Lipinski definition) is 2. The summed E-state index contributed by atoms with van der Waals surface area (Å²) in [5.74, 6) is 0.844. The molecule has 0 saturated heterocycles. The van der Waals surface area contributed by atoms with Crippen molar-refractivity contribution in [1.82, 2.24) is 0 Å². The molecular weight excluding hydrogens is 300 g/mol. The minimum absolute atomic E-state index is 0.844. The lowest BCUT2D eigenvalue weighted by atomic mass is 10.0. The maximum atomic E-state index is 3.66. The molecule has 0 amide bonds. The number of nitrogens with one attached hydrogen (secondary N) is 1. The average Bonchev–Trinajstić information content (AvgIpc) is 2.64. The minimum atomic E-state index is 0.844. The van der Waals surface area contributed by atoms with Crippen LogP contribution >= 0.6 is 15.9 Å². The number of nitrogens with zero attached hydrogens (tertiary/aromatic N) is 1. The molecule has 1 saturated carbocycles. The first-order valence-corrected chi connectivity index (χ1v) is 8.17. The minimum Gasteiger partial charge on any atom is -0.383 e. The Morgan fingerprint density at radius 3 is 2.47 bits per heavy atom. The van der Waals surface area contributed by atoms with Crippen LogP contribution in [0.2, 0.25) is 0 Å². The van der Waals surface area contributed by atoms with Gasteiger partial charge in [0.25, 0.3) is 0 Å². The van der Waals surface area contributed by atoms with E-state index < -0.39 is 0 Å². The summed E-state index contributed by atoms with van der Waals surface area (Å²) in [6.45, 7) is 1.11. The van der Waals surface area contributed by atoms with Gasteiger partial charge in [0.2, 0.25) is 0 Å². The lowest BCUT2D eigenvalue weighted by Gasteiger charge is -2.21. The Morgan fingerprint density at radius 1 is 1.16 bits per heavy atom. The molecule has 0 aliphatic heterocycles. The van der Waals surface area contributed by atoms with Gasteiger partial charge in [0.1, 0.15) is 0 Å². The third kappa shape index (κ3) is 4.41. The predicted octanol–water partition coefficient (Wildman–Crippen LogP) is 4.90. The van der Waals surface area contributed by atoms with Gasteiger partial charge in [0.15, 0.2) is 0 Å². The lowest BCUT2D eigenvalue weighted by Crippen LogP contribution is -2.17. The van der Waals surface area contributed by atoms with Crippen LogP contribution in [0.15, 0.2) is 22.7 Å². The van der Waals surface area contributed by atoms with Crippen molar-refractivity contribution in [3.8, 4) is 0 Å². The third-order valence-electron chi connectivity index (χ3n) is 4.00. The van der Waals surface area contributed by atoms with Crippen LogP contribution in [0.25, 0.3) is 0 Å². The van der Waals surface area contributed by atoms with Gasteiger partial charge in [-0.25, -0.2) is 0 Å². The molecule has 0 unspecified atom stereocenters. The van der Waals surface area contributed by atoms with Gasteiger partial charge in [-0.15, -0.1) is 0 Å².